The Morgan fingerprint density at radius 2 is 1.70 bits per heavy atom. The molecule has 0 fully saturated rings. The van der Waals surface area contributed by atoms with E-state index in [9.17, 15) is 14.7 Å². The third-order valence-corrected chi connectivity index (χ3v) is 5.43. The minimum Gasteiger partial charge on any atom is -0.479 e. The van der Waals surface area contributed by atoms with E-state index >= 15 is 0 Å². The molecular formula is C26H24N2O5. The molecule has 7 heteroatoms. The van der Waals surface area contributed by atoms with Crippen LogP contribution >= 0.6 is 0 Å². The summed E-state index contributed by atoms with van der Waals surface area (Å²) in [7, 11) is 0. The molecule has 1 unspecified atom stereocenters. The molecule has 0 spiro atoms. The normalized spacial score (nSPS) is 12.9. The van der Waals surface area contributed by atoms with Crippen LogP contribution < -0.4 is 5.32 Å². The van der Waals surface area contributed by atoms with Gasteiger partial charge in [-0.1, -0.05) is 54.6 Å². The highest BCUT2D eigenvalue weighted by atomic mass is 16.4. The summed E-state index contributed by atoms with van der Waals surface area (Å²) < 4.78 is 5.49. The quantitative estimate of drug-likeness (QED) is 0.379. The molecule has 0 aliphatic heterocycles. The molecule has 4 rings (SSSR count). The van der Waals surface area contributed by atoms with Gasteiger partial charge in [-0.2, -0.15) is 0 Å². The van der Waals surface area contributed by atoms with Gasteiger partial charge in [0.15, 0.2) is 17.6 Å². The Morgan fingerprint density at radius 1 is 1.00 bits per heavy atom. The first-order valence-electron chi connectivity index (χ1n) is 10.6. The maximum Gasteiger partial charge on any atom is 0.332 e. The van der Waals surface area contributed by atoms with Crippen LogP contribution in [-0.4, -0.2) is 39.2 Å². The van der Waals surface area contributed by atoms with Gasteiger partial charge in [-0.3, -0.25) is 4.79 Å². The van der Waals surface area contributed by atoms with Gasteiger partial charge in [0.2, 0.25) is 0 Å². The minimum absolute atomic E-state index is 0.120. The lowest BCUT2D eigenvalue weighted by molar-refractivity contribution is -0.147. The smallest absolute Gasteiger partial charge is 0.332 e. The van der Waals surface area contributed by atoms with E-state index in [-0.39, 0.29) is 12.3 Å². The summed E-state index contributed by atoms with van der Waals surface area (Å²) in [6.45, 7) is 1.73. The zero-order valence-electron chi connectivity index (χ0n) is 18.1. The van der Waals surface area contributed by atoms with E-state index in [1.165, 1.54) is 0 Å². The zero-order valence-corrected chi connectivity index (χ0v) is 18.1. The second-order valence-corrected chi connectivity index (χ2v) is 7.94. The summed E-state index contributed by atoms with van der Waals surface area (Å²) in [5.74, 6) is -1.20. The van der Waals surface area contributed by atoms with Crippen LogP contribution in [0.4, 0.5) is 0 Å². The molecule has 168 valence electrons. The average molecular weight is 444 g/mol. The molecule has 1 aromatic heterocycles. The van der Waals surface area contributed by atoms with Gasteiger partial charge in [0.1, 0.15) is 5.52 Å². The summed E-state index contributed by atoms with van der Waals surface area (Å²) in [4.78, 5) is 28.3. The molecule has 1 amide bonds. The van der Waals surface area contributed by atoms with Crippen LogP contribution in [0.15, 0.2) is 77.2 Å². The third-order valence-electron chi connectivity index (χ3n) is 5.43. The number of aliphatic hydroxyl groups is 1. The van der Waals surface area contributed by atoms with Crippen LogP contribution in [-0.2, 0) is 11.2 Å². The lowest BCUT2D eigenvalue weighted by atomic mass is 9.97. The number of carbonyl (C=O) groups excluding carboxylic acids is 1. The molecule has 0 bridgehead atoms. The summed E-state index contributed by atoms with van der Waals surface area (Å²) in [5.41, 5.74) is 4.58. The summed E-state index contributed by atoms with van der Waals surface area (Å²) in [6, 6.07) is 22.2. The number of fused-ring (bicyclic) bond motifs is 1. The number of benzene rings is 3. The number of aryl methyl sites for hydroxylation is 1. The number of aromatic nitrogens is 1. The van der Waals surface area contributed by atoms with Crippen LogP contribution in [0.1, 0.15) is 28.2 Å². The number of amides is 1. The van der Waals surface area contributed by atoms with Crippen molar-refractivity contribution in [3.63, 3.8) is 0 Å². The van der Waals surface area contributed by atoms with Crippen LogP contribution in [0.2, 0.25) is 0 Å². The molecule has 0 saturated carbocycles. The first-order chi connectivity index (χ1) is 15.9. The van der Waals surface area contributed by atoms with E-state index in [0.717, 1.165) is 16.7 Å². The predicted molar refractivity (Wildman–Crippen MR) is 124 cm³/mol. The molecule has 0 saturated heterocycles. The van der Waals surface area contributed by atoms with Gasteiger partial charge in [-0.05, 0) is 41.3 Å². The van der Waals surface area contributed by atoms with Gasteiger partial charge in [-0.15, -0.1) is 0 Å². The lowest BCUT2D eigenvalue weighted by Crippen LogP contribution is -2.40. The van der Waals surface area contributed by atoms with Crippen LogP contribution in [0.5, 0.6) is 0 Å². The molecule has 1 heterocycles. The van der Waals surface area contributed by atoms with Gasteiger partial charge in [0, 0.05) is 24.9 Å². The predicted octanol–water partition coefficient (Wildman–Crippen LogP) is 3.98. The Balaban J connectivity index is 1.51. The number of nitrogens with one attached hydrogen (secondary N) is 1. The van der Waals surface area contributed by atoms with E-state index in [0.29, 0.717) is 29.0 Å². The maximum absolute atomic E-state index is 12.9. The molecule has 7 nitrogen and oxygen atoms in total. The zero-order chi connectivity index (χ0) is 23.4. The fraction of sp³-hybridized carbons (Fsp3) is 0.192. The van der Waals surface area contributed by atoms with Gasteiger partial charge in [-0.25, -0.2) is 9.78 Å². The molecular weight excluding hydrogens is 420 g/mol. The number of aliphatic carboxylic acids is 1. The highest BCUT2D eigenvalue weighted by Gasteiger charge is 2.23. The first-order valence-corrected chi connectivity index (χ1v) is 10.6. The number of hydrogen-bond acceptors (Lipinski definition) is 5. The minimum atomic E-state index is -1.58. The van der Waals surface area contributed by atoms with E-state index in [1.807, 2.05) is 54.6 Å². The van der Waals surface area contributed by atoms with Crippen molar-refractivity contribution >= 4 is 23.0 Å². The fourth-order valence-electron chi connectivity index (χ4n) is 3.76. The van der Waals surface area contributed by atoms with Crippen molar-refractivity contribution in [2.45, 2.75) is 31.9 Å². The van der Waals surface area contributed by atoms with Crippen molar-refractivity contribution in [2.24, 2.45) is 0 Å². The number of hydrogen-bond donors (Lipinski definition) is 3. The van der Waals surface area contributed by atoms with Crippen molar-refractivity contribution < 1.29 is 24.2 Å². The SMILES string of the molecule is Cc1nc2ccc(C(=O)NC(Cc3ccc(-c4ccccc4)cc3)C[C@@H](O)C(=O)O)cc2o1. The molecule has 2 atom stereocenters. The second kappa shape index (κ2) is 9.67. The van der Waals surface area contributed by atoms with Gasteiger partial charge >= 0.3 is 5.97 Å². The largest absolute Gasteiger partial charge is 0.479 e. The number of rotatable bonds is 8. The Morgan fingerprint density at radius 3 is 2.39 bits per heavy atom. The fourth-order valence-corrected chi connectivity index (χ4v) is 3.76. The number of carbonyl (C=O) groups is 2. The summed E-state index contributed by atoms with van der Waals surface area (Å²) in [5, 5.41) is 21.9. The lowest BCUT2D eigenvalue weighted by Gasteiger charge is -2.20. The maximum atomic E-state index is 12.9. The van der Waals surface area contributed by atoms with Crippen molar-refractivity contribution in [1.82, 2.24) is 10.3 Å². The van der Waals surface area contributed by atoms with Crippen LogP contribution in [0.25, 0.3) is 22.2 Å². The van der Waals surface area contributed by atoms with Crippen molar-refractivity contribution in [1.29, 1.82) is 0 Å². The number of carboxylic acid groups (broad SMARTS) is 1. The van der Waals surface area contributed by atoms with Crippen molar-refractivity contribution in [3.05, 3.63) is 89.8 Å². The first kappa shape index (κ1) is 22.2. The monoisotopic (exact) mass is 444 g/mol. The topological polar surface area (TPSA) is 113 Å². The standard InChI is InChI=1S/C26H24N2O5/c1-16-27-22-12-11-20(14-24(22)33-16)25(30)28-21(15-23(29)26(31)32)13-17-7-9-19(10-8-17)18-5-3-2-4-6-18/h2-12,14,21,23,29H,13,15H2,1H3,(H,28,30)(H,31,32)/t21?,23-/m1/s1. The molecule has 0 aliphatic carbocycles. The Labute approximate surface area is 190 Å². The second-order valence-electron chi connectivity index (χ2n) is 7.94. The van der Waals surface area contributed by atoms with E-state index in [2.05, 4.69) is 10.3 Å². The summed E-state index contributed by atoms with van der Waals surface area (Å²) in [6.07, 6.45) is -1.33. The molecule has 3 aromatic carbocycles. The van der Waals surface area contributed by atoms with Crippen molar-refractivity contribution in [2.75, 3.05) is 0 Å². The molecule has 4 aromatic rings. The molecule has 0 aliphatic rings. The van der Waals surface area contributed by atoms with Gasteiger partial charge in [0.25, 0.3) is 5.91 Å². The van der Waals surface area contributed by atoms with E-state index in [4.69, 9.17) is 9.52 Å². The Kier molecular flexibility index (Phi) is 6.51. The summed E-state index contributed by atoms with van der Waals surface area (Å²) >= 11 is 0. The van der Waals surface area contributed by atoms with Gasteiger partial charge in [0.05, 0.1) is 0 Å². The number of oxazole rings is 1. The highest BCUT2D eigenvalue weighted by Crippen LogP contribution is 2.21. The van der Waals surface area contributed by atoms with Crippen LogP contribution in [0, 0.1) is 6.92 Å². The Hall–Kier alpha value is -3.97. The molecule has 3 N–H and O–H groups in total. The number of carboxylic acids is 1. The number of nitrogens with zero attached hydrogens (tertiary/aromatic N) is 1. The molecule has 0 radical (unpaired) electrons. The van der Waals surface area contributed by atoms with E-state index in [1.54, 1.807) is 25.1 Å². The van der Waals surface area contributed by atoms with E-state index < -0.39 is 18.1 Å². The molecule has 33 heavy (non-hydrogen) atoms. The van der Waals surface area contributed by atoms with Crippen molar-refractivity contribution in [3.8, 4) is 11.1 Å². The van der Waals surface area contributed by atoms with Crippen LogP contribution in [0.3, 0.4) is 0 Å². The average Bonchev–Trinajstić information content (AvgIpc) is 3.19. The number of aliphatic hydroxyl groups excluding tert-OH is 1. The Bertz CT molecular complexity index is 1270. The van der Waals surface area contributed by atoms with Gasteiger partial charge < -0.3 is 19.9 Å². The highest BCUT2D eigenvalue weighted by molar-refractivity contribution is 5.97. The third kappa shape index (κ3) is 5.45.